The Hall–Kier alpha value is -2.26. The lowest BCUT2D eigenvalue weighted by molar-refractivity contribution is 0.713. The summed E-state index contributed by atoms with van der Waals surface area (Å²) in [7, 11) is -0.827. The summed E-state index contributed by atoms with van der Waals surface area (Å²) in [6, 6.07) is 45.0. The van der Waals surface area contributed by atoms with Gasteiger partial charge in [-0.1, -0.05) is 141 Å². The topological polar surface area (TPSA) is 0 Å². The van der Waals surface area contributed by atoms with Crippen molar-refractivity contribution in [2.45, 2.75) is 31.8 Å². The van der Waals surface area contributed by atoms with E-state index in [2.05, 4.69) is 128 Å². The summed E-state index contributed by atoms with van der Waals surface area (Å²) in [6.07, 6.45) is 5.05. The van der Waals surface area contributed by atoms with Crippen molar-refractivity contribution in [1.82, 2.24) is 0 Å². The van der Waals surface area contributed by atoms with Crippen molar-refractivity contribution >= 4 is 37.1 Å². The van der Waals surface area contributed by atoms with Gasteiger partial charge >= 0.3 is 0 Å². The van der Waals surface area contributed by atoms with Gasteiger partial charge in [-0.25, -0.2) is 0 Å². The summed E-state index contributed by atoms with van der Waals surface area (Å²) in [5.41, 5.74) is 0.654. The molecule has 0 aromatic heterocycles. The Balaban J connectivity index is 1.76. The van der Waals surface area contributed by atoms with Crippen LogP contribution in [0.25, 0.3) is 0 Å². The summed E-state index contributed by atoms with van der Waals surface area (Å²) < 4.78 is 0. The minimum atomic E-state index is -0.423. The smallest absolute Gasteiger partial charge is 0.00835 e. The van der Waals surface area contributed by atoms with E-state index >= 15 is 0 Å². The molecule has 0 saturated carbocycles. The van der Waals surface area contributed by atoms with Crippen molar-refractivity contribution in [1.29, 1.82) is 0 Å². The standard InChI is InChI=1S/C30H32P2/c1-2-3-16-30(32(28-21-12-6-13-22-28)29-23-14-7-15-24-29)25-31(26-17-8-4-9-18-26)27-19-10-5-11-20-27/h4-15,17-24,30H,2-3,16,25H2,1H3. The Bertz CT molecular complexity index is 954. The van der Waals surface area contributed by atoms with Crippen LogP contribution in [-0.4, -0.2) is 11.8 Å². The van der Waals surface area contributed by atoms with E-state index in [0.29, 0.717) is 5.66 Å². The Morgan fingerprint density at radius 1 is 0.531 bits per heavy atom. The second kappa shape index (κ2) is 12.1. The molecule has 0 saturated heterocycles. The van der Waals surface area contributed by atoms with Crippen LogP contribution >= 0.6 is 15.8 Å². The zero-order valence-electron chi connectivity index (χ0n) is 18.8. The molecule has 2 heteroatoms. The molecule has 32 heavy (non-hydrogen) atoms. The molecule has 0 aliphatic carbocycles. The van der Waals surface area contributed by atoms with Crippen molar-refractivity contribution in [3.05, 3.63) is 121 Å². The fourth-order valence-electron chi connectivity index (χ4n) is 4.28. The van der Waals surface area contributed by atoms with E-state index in [4.69, 9.17) is 0 Å². The van der Waals surface area contributed by atoms with E-state index in [9.17, 15) is 0 Å². The molecule has 0 spiro atoms. The molecule has 1 unspecified atom stereocenters. The second-order valence-corrected chi connectivity index (χ2v) is 12.9. The fraction of sp³-hybridized carbons (Fsp3) is 0.200. The summed E-state index contributed by atoms with van der Waals surface area (Å²) in [4.78, 5) is 0. The number of benzene rings is 4. The van der Waals surface area contributed by atoms with Gasteiger partial charge in [0.25, 0.3) is 0 Å². The van der Waals surface area contributed by atoms with Gasteiger partial charge in [0.1, 0.15) is 0 Å². The molecule has 0 nitrogen and oxygen atoms in total. The van der Waals surface area contributed by atoms with E-state index in [0.717, 1.165) is 0 Å². The molecule has 162 valence electrons. The molecule has 0 N–H and O–H groups in total. The van der Waals surface area contributed by atoms with Crippen LogP contribution in [0.4, 0.5) is 0 Å². The second-order valence-electron chi connectivity index (χ2n) is 8.12. The normalized spacial score (nSPS) is 12.2. The van der Waals surface area contributed by atoms with Crippen molar-refractivity contribution in [2.24, 2.45) is 0 Å². The summed E-state index contributed by atoms with van der Waals surface area (Å²) in [5.74, 6) is 0. The lowest BCUT2D eigenvalue weighted by Gasteiger charge is -2.32. The van der Waals surface area contributed by atoms with E-state index < -0.39 is 15.8 Å². The highest BCUT2D eigenvalue weighted by atomic mass is 31.1. The van der Waals surface area contributed by atoms with Gasteiger partial charge in [-0.15, -0.1) is 0 Å². The van der Waals surface area contributed by atoms with Crippen molar-refractivity contribution in [3.8, 4) is 0 Å². The average molecular weight is 455 g/mol. The zero-order chi connectivity index (χ0) is 22.0. The molecule has 0 bridgehead atoms. The van der Waals surface area contributed by atoms with Gasteiger partial charge in [0, 0.05) is 0 Å². The molecule has 0 aliphatic rings. The lowest BCUT2D eigenvalue weighted by atomic mass is 10.2. The first kappa shape index (κ1) is 22.9. The van der Waals surface area contributed by atoms with Crippen molar-refractivity contribution in [3.63, 3.8) is 0 Å². The van der Waals surface area contributed by atoms with Gasteiger partial charge in [-0.3, -0.25) is 0 Å². The zero-order valence-corrected chi connectivity index (χ0v) is 20.6. The number of hydrogen-bond acceptors (Lipinski definition) is 0. The average Bonchev–Trinajstić information content (AvgIpc) is 2.88. The molecule has 0 amide bonds. The van der Waals surface area contributed by atoms with Crippen LogP contribution in [0.15, 0.2) is 121 Å². The number of hydrogen-bond donors (Lipinski definition) is 0. The molecule has 0 radical (unpaired) electrons. The van der Waals surface area contributed by atoms with Crippen LogP contribution in [0.2, 0.25) is 0 Å². The van der Waals surface area contributed by atoms with Crippen molar-refractivity contribution in [2.75, 3.05) is 6.16 Å². The van der Waals surface area contributed by atoms with Gasteiger partial charge < -0.3 is 0 Å². The minimum absolute atomic E-state index is 0.404. The summed E-state index contributed by atoms with van der Waals surface area (Å²) in [6.45, 7) is 2.32. The molecule has 0 aliphatic heterocycles. The maximum Gasteiger partial charge on any atom is -0.00835 e. The highest BCUT2D eigenvalue weighted by molar-refractivity contribution is 7.77. The van der Waals surface area contributed by atoms with Gasteiger partial charge in [-0.05, 0) is 55.3 Å². The van der Waals surface area contributed by atoms with Gasteiger partial charge in [0.2, 0.25) is 0 Å². The molecule has 0 heterocycles. The van der Waals surface area contributed by atoms with Crippen LogP contribution in [0, 0.1) is 0 Å². The molecule has 4 aromatic rings. The van der Waals surface area contributed by atoms with E-state index in [1.807, 2.05) is 0 Å². The van der Waals surface area contributed by atoms with Crippen LogP contribution < -0.4 is 21.2 Å². The van der Waals surface area contributed by atoms with Gasteiger partial charge in [-0.2, -0.15) is 0 Å². The maximum atomic E-state index is 2.35. The Labute approximate surface area is 196 Å². The van der Waals surface area contributed by atoms with Crippen LogP contribution in [0.3, 0.4) is 0 Å². The quantitative estimate of drug-likeness (QED) is 0.231. The molecule has 4 rings (SSSR count). The number of unbranched alkanes of at least 4 members (excludes halogenated alkanes) is 1. The van der Waals surface area contributed by atoms with E-state index in [1.54, 1.807) is 0 Å². The Morgan fingerprint density at radius 3 is 1.28 bits per heavy atom. The largest absolute Gasteiger partial charge is 0.0654 e. The molecular weight excluding hydrogens is 422 g/mol. The predicted octanol–water partition coefficient (Wildman–Crippen LogP) is 6.81. The summed E-state index contributed by atoms with van der Waals surface area (Å²) in [5, 5.41) is 5.99. The first-order chi connectivity index (χ1) is 15.9. The first-order valence-corrected chi connectivity index (χ1v) is 14.6. The Morgan fingerprint density at radius 2 is 0.906 bits per heavy atom. The van der Waals surface area contributed by atoms with Gasteiger partial charge in [0.15, 0.2) is 0 Å². The summed E-state index contributed by atoms with van der Waals surface area (Å²) >= 11 is 0. The molecule has 4 aromatic carbocycles. The monoisotopic (exact) mass is 454 g/mol. The van der Waals surface area contributed by atoms with Crippen LogP contribution in [0.5, 0.6) is 0 Å². The maximum absolute atomic E-state index is 2.35. The van der Waals surface area contributed by atoms with Crippen molar-refractivity contribution < 1.29 is 0 Å². The molecule has 0 fully saturated rings. The SMILES string of the molecule is CCCCC(CP(c1ccccc1)c1ccccc1)P(c1ccccc1)c1ccccc1. The minimum Gasteiger partial charge on any atom is -0.0654 e. The highest BCUT2D eigenvalue weighted by Crippen LogP contribution is 2.48. The molecule has 1 atom stereocenters. The predicted molar refractivity (Wildman–Crippen MR) is 146 cm³/mol. The molecular formula is C30H32P2. The van der Waals surface area contributed by atoms with E-state index in [-0.39, 0.29) is 0 Å². The fourth-order valence-corrected chi connectivity index (χ4v) is 10.4. The van der Waals surface area contributed by atoms with Crippen LogP contribution in [-0.2, 0) is 0 Å². The van der Waals surface area contributed by atoms with Gasteiger partial charge in [0.05, 0.1) is 0 Å². The lowest BCUT2D eigenvalue weighted by Crippen LogP contribution is -2.27. The van der Waals surface area contributed by atoms with E-state index in [1.165, 1.54) is 46.6 Å². The first-order valence-electron chi connectivity index (χ1n) is 11.6. The van der Waals surface area contributed by atoms with Crippen LogP contribution in [0.1, 0.15) is 26.2 Å². The number of rotatable bonds is 10. The third kappa shape index (κ3) is 5.95. The Kier molecular flexibility index (Phi) is 8.67. The highest BCUT2D eigenvalue weighted by Gasteiger charge is 2.28. The third-order valence-electron chi connectivity index (χ3n) is 5.85. The third-order valence-corrected chi connectivity index (χ3v) is 11.7.